The lowest BCUT2D eigenvalue weighted by molar-refractivity contribution is -0.131. The van der Waals surface area contributed by atoms with Gasteiger partial charge in [-0.05, 0) is 12.8 Å². The zero-order valence-electron chi connectivity index (χ0n) is 9.33. The summed E-state index contributed by atoms with van der Waals surface area (Å²) in [6, 6.07) is 1.41. The molecule has 2 rings (SSSR count). The summed E-state index contributed by atoms with van der Waals surface area (Å²) in [5.41, 5.74) is -0.695. The average Bonchev–Trinajstić information content (AvgIpc) is 2.28. The number of carbonyl (C=O) groups excluding carboxylic acids is 1. The monoisotopic (exact) mass is 238 g/mol. The second kappa shape index (κ2) is 4.34. The third-order valence-corrected chi connectivity index (χ3v) is 3.59. The molecule has 2 fully saturated rings. The molecule has 0 saturated carbocycles. The minimum Gasteiger partial charge on any atom is -0.465 e. The van der Waals surface area contributed by atoms with E-state index in [1.165, 1.54) is 4.90 Å². The lowest BCUT2D eigenvalue weighted by Gasteiger charge is -2.49. The van der Waals surface area contributed by atoms with Crippen LogP contribution in [0.2, 0.25) is 0 Å². The molecule has 0 radical (unpaired) electrons. The summed E-state index contributed by atoms with van der Waals surface area (Å²) in [5.74, 6) is 0. The number of nitriles is 1. The van der Waals surface area contributed by atoms with Gasteiger partial charge in [-0.2, -0.15) is 5.26 Å². The number of carboxylic acid groups (broad SMARTS) is 1. The Morgan fingerprint density at radius 2 is 2.12 bits per heavy atom. The zero-order valence-corrected chi connectivity index (χ0v) is 9.33. The molecule has 1 amide bonds. The number of hydrogen-bond acceptors (Lipinski definition) is 4. The van der Waals surface area contributed by atoms with Gasteiger partial charge in [0.1, 0.15) is 6.29 Å². The molecule has 0 aromatic heterocycles. The Morgan fingerprint density at radius 1 is 1.53 bits per heavy atom. The van der Waals surface area contributed by atoms with E-state index in [1.807, 2.05) is 6.07 Å². The highest BCUT2D eigenvalue weighted by Crippen LogP contribution is 2.41. The number of amides is 1. The fourth-order valence-electron chi connectivity index (χ4n) is 2.89. The van der Waals surface area contributed by atoms with Crippen LogP contribution in [0.3, 0.4) is 0 Å². The van der Waals surface area contributed by atoms with Gasteiger partial charge in [0, 0.05) is 11.8 Å². The smallest absolute Gasteiger partial charge is 0.407 e. The first kappa shape index (κ1) is 11.9. The lowest BCUT2D eigenvalue weighted by atomic mass is 9.71. The third-order valence-electron chi connectivity index (χ3n) is 3.59. The molecule has 6 heteroatoms. The van der Waals surface area contributed by atoms with Crippen LogP contribution in [0.15, 0.2) is 0 Å². The molecule has 92 valence electrons. The van der Waals surface area contributed by atoms with Crippen molar-refractivity contribution in [1.29, 1.82) is 5.26 Å². The highest BCUT2D eigenvalue weighted by molar-refractivity contribution is 5.68. The van der Waals surface area contributed by atoms with E-state index < -0.39 is 11.5 Å². The first-order valence-corrected chi connectivity index (χ1v) is 5.54. The number of hydrogen-bond donors (Lipinski definition) is 1. The fraction of sp³-hybridized carbons (Fsp3) is 0.727. The summed E-state index contributed by atoms with van der Waals surface area (Å²) in [4.78, 5) is 23.7. The van der Waals surface area contributed by atoms with Crippen molar-refractivity contribution in [1.82, 2.24) is 4.90 Å². The summed E-state index contributed by atoms with van der Waals surface area (Å²) >= 11 is 0. The molecule has 2 bridgehead atoms. The summed E-state index contributed by atoms with van der Waals surface area (Å²) in [7, 11) is 0. The number of piperidine rings is 1. The topological polar surface area (TPSA) is 90.6 Å². The molecule has 6 nitrogen and oxygen atoms in total. The molecule has 2 unspecified atom stereocenters. The van der Waals surface area contributed by atoms with Gasteiger partial charge in [0.05, 0.1) is 31.4 Å². The molecule has 2 saturated heterocycles. The number of carbonyl (C=O) groups is 2. The molecule has 0 spiro atoms. The maximum Gasteiger partial charge on any atom is 0.407 e. The third kappa shape index (κ3) is 1.98. The van der Waals surface area contributed by atoms with Crippen molar-refractivity contribution in [2.45, 2.75) is 31.3 Å². The molecule has 0 aliphatic carbocycles. The first-order chi connectivity index (χ1) is 8.12. The number of rotatable bonds is 2. The molecule has 2 atom stereocenters. The van der Waals surface area contributed by atoms with Crippen molar-refractivity contribution in [2.24, 2.45) is 5.41 Å². The van der Waals surface area contributed by atoms with Crippen molar-refractivity contribution in [3.63, 3.8) is 0 Å². The van der Waals surface area contributed by atoms with Gasteiger partial charge in [-0.25, -0.2) is 4.79 Å². The quantitative estimate of drug-likeness (QED) is 0.712. The number of aldehydes is 1. The normalized spacial score (nSPS) is 36.1. The van der Waals surface area contributed by atoms with E-state index in [-0.39, 0.29) is 18.5 Å². The molecule has 1 N–H and O–H groups in total. The van der Waals surface area contributed by atoms with Gasteiger partial charge in [0.25, 0.3) is 0 Å². The van der Waals surface area contributed by atoms with Crippen LogP contribution in [0.25, 0.3) is 0 Å². The van der Waals surface area contributed by atoms with E-state index >= 15 is 0 Å². The average molecular weight is 238 g/mol. The van der Waals surface area contributed by atoms with E-state index in [2.05, 4.69) is 0 Å². The van der Waals surface area contributed by atoms with E-state index in [0.717, 1.165) is 6.29 Å². The van der Waals surface area contributed by atoms with Gasteiger partial charge in [-0.1, -0.05) is 0 Å². The maximum absolute atomic E-state index is 11.2. The number of nitrogens with zero attached hydrogens (tertiary/aromatic N) is 2. The molecule has 2 heterocycles. The van der Waals surface area contributed by atoms with E-state index in [9.17, 15) is 9.59 Å². The molecule has 0 aromatic rings. The van der Waals surface area contributed by atoms with Crippen LogP contribution in [-0.4, -0.2) is 47.7 Å². The Hall–Kier alpha value is -1.61. The standard InChI is InChI=1S/C11H14N2O4/c12-2-1-11(7-14)3-8-5-17-6-9(4-11)13(8)10(15)16/h7-9H,1,3-6H2,(H,15,16). The minimum absolute atomic E-state index is 0.150. The van der Waals surface area contributed by atoms with Crippen LogP contribution >= 0.6 is 0 Å². The highest BCUT2D eigenvalue weighted by atomic mass is 16.5. The lowest BCUT2D eigenvalue weighted by Crippen LogP contribution is -2.61. The Labute approximate surface area is 98.8 Å². The van der Waals surface area contributed by atoms with Crippen LogP contribution in [-0.2, 0) is 9.53 Å². The van der Waals surface area contributed by atoms with Crippen molar-refractivity contribution >= 4 is 12.4 Å². The van der Waals surface area contributed by atoms with Gasteiger partial charge in [0.15, 0.2) is 0 Å². The first-order valence-electron chi connectivity index (χ1n) is 5.54. The van der Waals surface area contributed by atoms with Crippen molar-refractivity contribution in [3.05, 3.63) is 0 Å². The molecule has 2 aliphatic rings. The van der Waals surface area contributed by atoms with Gasteiger partial charge in [0.2, 0.25) is 0 Å². The minimum atomic E-state index is -0.972. The SMILES string of the molecule is N#CCC1(C=O)CC2COCC(C1)N2C(=O)O. The summed E-state index contributed by atoms with van der Waals surface area (Å²) in [6.45, 7) is 0.619. The van der Waals surface area contributed by atoms with Crippen molar-refractivity contribution < 1.29 is 19.4 Å². The summed E-state index contributed by atoms with van der Waals surface area (Å²) < 4.78 is 5.33. The largest absolute Gasteiger partial charge is 0.465 e. The Bertz CT molecular complexity index is 362. The number of morpholine rings is 1. The predicted molar refractivity (Wildman–Crippen MR) is 56.2 cm³/mol. The van der Waals surface area contributed by atoms with E-state index in [0.29, 0.717) is 26.1 Å². The van der Waals surface area contributed by atoms with E-state index in [1.54, 1.807) is 0 Å². The number of fused-ring (bicyclic) bond motifs is 2. The summed E-state index contributed by atoms with van der Waals surface area (Å²) in [5, 5.41) is 17.9. The molecule has 17 heavy (non-hydrogen) atoms. The Balaban J connectivity index is 2.24. The number of ether oxygens (including phenoxy) is 1. The van der Waals surface area contributed by atoms with Gasteiger partial charge < -0.3 is 14.6 Å². The second-order valence-electron chi connectivity index (χ2n) is 4.76. The Morgan fingerprint density at radius 3 is 2.53 bits per heavy atom. The van der Waals surface area contributed by atoms with E-state index in [4.69, 9.17) is 15.1 Å². The van der Waals surface area contributed by atoms with Crippen LogP contribution in [0.4, 0.5) is 4.79 Å². The molecular formula is C11H14N2O4. The zero-order chi connectivity index (χ0) is 12.5. The van der Waals surface area contributed by atoms with Crippen molar-refractivity contribution in [3.8, 4) is 6.07 Å². The van der Waals surface area contributed by atoms with Gasteiger partial charge in [-0.15, -0.1) is 0 Å². The van der Waals surface area contributed by atoms with Crippen LogP contribution < -0.4 is 0 Å². The molecule has 2 aliphatic heterocycles. The molecule has 0 aromatic carbocycles. The second-order valence-corrected chi connectivity index (χ2v) is 4.76. The predicted octanol–water partition coefficient (Wildman–Crippen LogP) is 0.627. The van der Waals surface area contributed by atoms with Crippen molar-refractivity contribution in [2.75, 3.05) is 13.2 Å². The summed E-state index contributed by atoms with van der Waals surface area (Å²) in [6.07, 6.45) is 0.761. The van der Waals surface area contributed by atoms with Crippen LogP contribution in [0.5, 0.6) is 0 Å². The van der Waals surface area contributed by atoms with Gasteiger partial charge in [-0.3, -0.25) is 4.90 Å². The van der Waals surface area contributed by atoms with Crippen LogP contribution in [0.1, 0.15) is 19.3 Å². The highest BCUT2D eigenvalue weighted by Gasteiger charge is 2.48. The van der Waals surface area contributed by atoms with Crippen LogP contribution in [0, 0.1) is 16.7 Å². The maximum atomic E-state index is 11.2. The van der Waals surface area contributed by atoms with Gasteiger partial charge >= 0.3 is 6.09 Å². The fourth-order valence-corrected chi connectivity index (χ4v) is 2.89. The Kier molecular flexibility index (Phi) is 3.03. The molecular weight excluding hydrogens is 224 g/mol.